The lowest BCUT2D eigenvalue weighted by molar-refractivity contribution is -0.192. The van der Waals surface area contributed by atoms with Crippen molar-refractivity contribution in [1.82, 2.24) is 10.2 Å². The monoisotopic (exact) mass is 622 g/mol. The predicted octanol–water partition coefficient (Wildman–Crippen LogP) is 2.98. The Kier molecular flexibility index (Phi) is 12.2. The van der Waals surface area contributed by atoms with Gasteiger partial charge in [-0.1, -0.05) is 6.08 Å². The minimum Gasteiger partial charge on any atom is -0.508 e. The number of aliphatic carboxylic acids is 1. The van der Waals surface area contributed by atoms with Gasteiger partial charge in [0, 0.05) is 19.6 Å². The van der Waals surface area contributed by atoms with Crippen LogP contribution in [0.25, 0.3) is 0 Å². The highest BCUT2D eigenvalue weighted by molar-refractivity contribution is 7.92. The molecule has 4 rings (SSSR count). The Bertz CT molecular complexity index is 1360. The van der Waals surface area contributed by atoms with Crippen LogP contribution in [0.3, 0.4) is 0 Å². The van der Waals surface area contributed by atoms with Crippen LogP contribution >= 0.6 is 0 Å². The second-order valence-corrected chi connectivity index (χ2v) is 13.7. The van der Waals surface area contributed by atoms with E-state index in [4.69, 9.17) is 15.0 Å². The topological polar surface area (TPSA) is 161 Å². The van der Waals surface area contributed by atoms with E-state index in [0.29, 0.717) is 30.8 Å². The summed E-state index contributed by atoms with van der Waals surface area (Å²) in [5.41, 5.74) is 0. The number of phenolic OH excluding ortho intramolecular Hbond substituents is 2. The zero-order valence-electron chi connectivity index (χ0n) is 22.0. The van der Waals surface area contributed by atoms with Crippen LogP contribution in [-0.2, 0) is 24.5 Å². The van der Waals surface area contributed by atoms with Crippen molar-refractivity contribution >= 4 is 25.6 Å². The van der Waals surface area contributed by atoms with Gasteiger partial charge in [-0.3, -0.25) is 0 Å². The molecule has 15 heteroatoms. The van der Waals surface area contributed by atoms with E-state index >= 15 is 0 Å². The summed E-state index contributed by atoms with van der Waals surface area (Å²) in [6.45, 7) is 7.21. The molecule has 2 heterocycles. The van der Waals surface area contributed by atoms with Crippen molar-refractivity contribution in [1.29, 1.82) is 0 Å². The molecule has 228 valence electrons. The Hall–Kier alpha value is -3.14. The van der Waals surface area contributed by atoms with Gasteiger partial charge in [0.1, 0.15) is 11.5 Å². The van der Waals surface area contributed by atoms with Gasteiger partial charge in [0.25, 0.3) is 0 Å². The number of rotatable bonds is 7. The number of carbonyl (C=O) groups is 1. The molecule has 0 amide bonds. The highest BCUT2D eigenvalue weighted by Gasteiger charge is 2.38. The number of alkyl halides is 3. The molecule has 0 radical (unpaired) electrons. The van der Waals surface area contributed by atoms with Gasteiger partial charge >= 0.3 is 12.1 Å². The largest absolute Gasteiger partial charge is 0.508 e. The van der Waals surface area contributed by atoms with E-state index < -0.39 is 31.8 Å². The third kappa shape index (κ3) is 10.0. The molecule has 2 aromatic carbocycles. The average Bonchev–Trinajstić information content (AvgIpc) is 3.62. The summed E-state index contributed by atoms with van der Waals surface area (Å²) >= 11 is 0. The number of sulfone groups is 2. The van der Waals surface area contributed by atoms with E-state index in [1.165, 1.54) is 48.5 Å². The molecule has 4 N–H and O–H groups in total. The Morgan fingerprint density at radius 2 is 1.39 bits per heavy atom. The molecule has 2 unspecified atom stereocenters. The van der Waals surface area contributed by atoms with Gasteiger partial charge in [-0.2, -0.15) is 13.2 Å². The lowest BCUT2D eigenvalue weighted by atomic mass is 10.3. The van der Waals surface area contributed by atoms with Crippen LogP contribution in [-0.4, -0.2) is 92.4 Å². The fourth-order valence-corrected chi connectivity index (χ4v) is 7.47. The van der Waals surface area contributed by atoms with E-state index in [9.17, 15) is 35.1 Å². The summed E-state index contributed by atoms with van der Waals surface area (Å²) in [7, 11) is -6.52. The van der Waals surface area contributed by atoms with E-state index in [-0.39, 0.29) is 26.9 Å². The summed E-state index contributed by atoms with van der Waals surface area (Å²) in [5, 5.41) is 27.8. The molecule has 2 saturated heterocycles. The van der Waals surface area contributed by atoms with Crippen molar-refractivity contribution in [2.24, 2.45) is 0 Å². The zero-order chi connectivity index (χ0) is 30.8. The van der Waals surface area contributed by atoms with Crippen molar-refractivity contribution in [2.45, 2.75) is 45.7 Å². The molecule has 0 saturated carbocycles. The summed E-state index contributed by atoms with van der Waals surface area (Å²) in [4.78, 5) is 11.6. The molecular weight excluding hydrogens is 589 g/mol. The van der Waals surface area contributed by atoms with Crippen molar-refractivity contribution < 1.29 is 50.1 Å². The Labute approximate surface area is 237 Å². The average molecular weight is 623 g/mol. The molecule has 10 nitrogen and oxygen atoms in total. The second-order valence-electron chi connectivity index (χ2n) is 9.28. The van der Waals surface area contributed by atoms with Crippen LogP contribution in [0.4, 0.5) is 13.2 Å². The molecule has 2 aliphatic rings. The third-order valence-electron chi connectivity index (χ3n) is 6.34. The third-order valence-corrected chi connectivity index (χ3v) is 10.7. The molecule has 2 atom stereocenters. The maximum Gasteiger partial charge on any atom is 0.490 e. The Balaban J connectivity index is 0.000000238. The maximum absolute atomic E-state index is 12.4. The van der Waals surface area contributed by atoms with Gasteiger partial charge in [0.05, 0.1) is 20.3 Å². The number of nitrogens with one attached hydrogen (secondary N) is 1. The number of likely N-dealkylation sites (tertiary alicyclic amines) is 1. The first-order valence-corrected chi connectivity index (χ1v) is 15.6. The fourth-order valence-electron chi connectivity index (χ4n) is 4.08. The predicted molar refractivity (Wildman–Crippen MR) is 145 cm³/mol. The van der Waals surface area contributed by atoms with Crippen molar-refractivity contribution in [3.8, 4) is 11.5 Å². The van der Waals surface area contributed by atoms with Crippen molar-refractivity contribution in [3.63, 3.8) is 0 Å². The quantitative estimate of drug-likeness (QED) is 0.338. The number of carboxylic acids is 1. The highest BCUT2D eigenvalue weighted by Crippen LogP contribution is 2.25. The lowest BCUT2D eigenvalue weighted by Crippen LogP contribution is -2.27. The first-order valence-electron chi connectivity index (χ1n) is 12.5. The van der Waals surface area contributed by atoms with E-state index in [0.717, 1.165) is 26.1 Å². The number of aromatic hydroxyl groups is 2. The minimum atomic E-state index is -5.08. The van der Waals surface area contributed by atoms with Gasteiger partial charge in [-0.15, -0.1) is 6.58 Å². The standard InChI is InChI=1S/C14H19NO3S.C10H13NO3S.C2HF3O2/c1-2-3-9-15-10-8-14(11-15)19(17,18)13-6-4-12(16)5-7-13;12-8-1-3-9(4-2-8)15(13,14)10-5-6-11-7-10;3-2(4,5)1(6)7/h2,4-7,14,16H,1,3,8-11H2;1-4,10-12H,5-7H2;(H,6,7). The number of hydrogen-bond acceptors (Lipinski definition) is 9. The number of hydrogen-bond donors (Lipinski definition) is 4. The Morgan fingerprint density at radius 3 is 1.78 bits per heavy atom. The van der Waals surface area contributed by atoms with Gasteiger partial charge in [0.15, 0.2) is 19.7 Å². The normalized spacial score (nSPS) is 19.4. The van der Waals surface area contributed by atoms with Gasteiger partial charge in [0.2, 0.25) is 0 Å². The number of phenols is 2. The lowest BCUT2D eigenvalue weighted by Gasteiger charge is -2.15. The first-order chi connectivity index (χ1) is 19.1. The highest BCUT2D eigenvalue weighted by atomic mass is 32.2. The van der Waals surface area contributed by atoms with Gasteiger partial charge in [-0.05, 0) is 80.9 Å². The molecular formula is C26H33F3N2O8S2. The zero-order valence-corrected chi connectivity index (χ0v) is 23.6. The van der Waals surface area contributed by atoms with Gasteiger partial charge in [-0.25, -0.2) is 21.6 Å². The first kappa shape index (κ1) is 34.1. The molecule has 2 aromatic rings. The SMILES string of the molecule is C=CCCN1CCC(S(=O)(=O)c2ccc(O)cc2)C1.O=C(O)C(F)(F)F.O=S(=O)(c1ccc(O)cc1)C1CCNC1. The molecule has 0 aliphatic carbocycles. The fraction of sp³-hybridized carbons (Fsp3) is 0.423. The Morgan fingerprint density at radius 1 is 0.927 bits per heavy atom. The molecule has 41 heavy (non-hydrogen) atoms. The van der Waals surface area contributed by atoms with E-state index in [1.54, 1.807) is 0 Å². The smallest absolute Gasteiger partial charge is 0.490 e. The summed E-state index contributed by atoms with van der Waals surface area (Å²) < 4.78 is 80.7. The van der Waals surface area contributed by atoms with Crippen LogP contribution in [0.5, 0.6) is 11.5 Å². The summed E-state index contributed by atoms with van der Waals surface area (Å²) in [5.74, 6) is -2.59. The van der Waals surface area contributed by atoms with Crippen molar-refractivity contribution in [3.05, 3.63) is 61.2 Å². The van der Waals surface area contributed by atoms with Crippen LogP contribution in [0, 0.1) is 0 Å². The molecule has 2 fully saturated rings. The van der Waals surface area contributed by atoms with Gasteiger partial charge < -0.3 is 25.5 Å². The summed E-state index contributed by atoms with van der Waals surface area (Å²) in [6, 6.07) is 11.5. The second kappa shape index (κ2) is 14.7. The molecule has 0 spiro atoms. The number of carboxylic acid groups (broad SMARTS) is 1. The minimum absolute atomic E-state index is 0.0815. The van der Waals surface area contributed by atoms with E-state index in [2.05, 4.69) is 16.8 Å². The number of nitrogens with zero attached hydrogens (tertiary/aromatic N) is 1. The molecule has 2 aliphatic heterocycles. The molecule has 0 bridgehead atoms. The van der Waals surface area contributed by atoms with Crippen LogP contribution < -0.4 is 5.32 Å². The maximum atomic E-state index is 12.4. The van der Waals surface area contributed by atoms with Crippen LogP contribution in [0.2, 0.25) is 0 Å². The number of halogens is 3. The summed E-state index contributed by atoms with van der Waals surface area (Å²) in [6.07, 6.45) is -1.03. The van der Waals surface area contributed by atoms with E-state index in [1.807, 2.05) is 6.08 Å². The van der Waals surface area contributed by atoms with Crippen LogP contribution in [0.15, 0.2) is 71.0 Å². The molecule has 0 aromatic heterocycles. The van der Waals surface area contributed by atoms with Crippen LogP contribution in [0.1, 0.15) is 19.3 Å². The number of benzene rings is 2. The van der Waals surface area contributed by atoms with Crippen molar-refractivity contribution in [2.75, 3.05) is 32.7 Å².